The summed E-state index contributed by atoms with van der Waals surface area (Å²) in [5, 5.41) is 7.35. The van der Waals surface area contributed by atoms with Crippen molar-refractivity contribution in [1.82, 2.24) is 15.1 Å². The van der Waals surface area contributed by atoms with E-state index in [9.17, 15) is 9.18 Å². The second-order valence-electron chi connectivity index (χ2n) is 4.86. The van der Waals surface area contributed by atoms with Gasteiger partial charge >= 0.3 is 0 Å². The smallest absolute Gasteiger partial charge is 0.269 e. The van der Waals surface area contributed by atoms with Crippen LogP contribution in [0.3, 0.4) is 0 Å². The molecule has 0 aliphatic carbocycles. The molecule has 1 aromatic carbocycles. The molecule has 112 valence electrons. The first-order valence-corrected chi connectivity index (χ1v) is 6.92. The lowest BCUT2D eigenvalue weighted by Gasteiger charge is -2.18. The van der Waals surface area contributed by atoms with Crippen molar-refractivity contribution in [3.8, 4) is 5.69 Å². The number of amides is 1. The van der Waals surface area contributed by atoms with Crippen LogP contribution in [0.5, 0.6) is 0 Å². The molecule has 21 heavy (non-hydrogen) atoms. The number of carbonyl (C=O) groups is 1. The molecule has 0 spiro atoms. The van der Waals surface area contributed by atoms with Crippen LogP contribution in [0.1, 0.15) is 42.4 Å². The third-order valence-corrected chi connectivity index (χ3v) is 3.26. The van der Waals surface area contributed by atoms with E-state index in [2.05, 4.69) is 17.3 Å². The molecule has 0 aliphatic heterocycles. The van der Waals surface area contributed by atoms with Crippen molar-refractivity contribution in [2.45, 2.75) is 26.3 Å². The van der Waals surface area contributed by atoms with Gasteiger partial charge in [0, 0.05) is 12.2 Å². The van der Waals surface area contributed by atoms with Gasteiger partial charge in [0.25, 0.3) is 5.91 Å². The maximum atomic E-state index is 14.2. The first-order valence-electron chi connectivity index (χ1n) is 6.92. The average molecular weight is 290 g/mol. The van der Waals surface area contributed by atoms with Gasteiger partial charge in [-0.1, -0.05) is 19.1 Å². The van der Waals surface area contributed by atoms with Gasteiger partial charge in [0.05, 0.1) is 0 Å². The minimum Gasteiger partial charge on any atom is -0.364 e. The molecule has 1 heterocycles. The summed E-state index contributed by atoms with van der Waals surface area (Å²) in [5.74, 6) is -1.03. The van der Waals surface area contributed by atoms with Gasteiger partial charge in [-0.05, 0) is 37.6 Å². The standard InChI is InChI=1S/C15H19FN4O/c1-3-8-18-10(2)11-5-4-6-12(16)14(11)20-9-7-13(19-20)15(17)21/h4-7,9-10,18H,3,8H2,1-2H3,(H2,17,21). The summed E-state index contributed by atoms with van der Waals surface area (Å²) >= 11 is 0. The topological polar surface area (TPSA) is 72.9 Å². The van der Waals surface area contributed by atoms with Crippen molar-refractivity contribution >= 4 is 5.91 Å². The van der Waals surface area contributed by atoms with Gasteiger partial charge in [-0.2, -0.15) is 5.10 Å². The number of benzene rings is 1. The quantitative estimate of drug-likeness (QED) is 0.856. The number of rotatable bonds is 6. The highest BCUT2D eigenvalue weighted by Crippen LogP contribution is 2.24. The SMILES string of the molecule is CCCNC(C)c1cccc(F)c1-n1ccc(C(N)=O)n1. The Hall–Kier alpha value is -2.21. The van der Waals surface area contributed by atoms with E-state index in [1.54, 1.807) is 6.07 Å². The van der Waals surface area contributed by atoms with Crippen molar-refractivity contribution in [3.05, 3.63) is 47.5 Å². The zero-order valence-electron chi connectivity index (χ0n) is 12.1. The van der Waals surface area contributed by atoms with Crippen molar-refractivity contribution in [3.63, 3.8) is 0 Å². The first-order chi connectivity index (χ1) is 10.0. The lowest BCUT2D eigenvalue weighted by molar-refractivity contribution is 0.0995. The predicted molar refractivity (Wildman–Crippen MR) is 78.7 cm³/mol. The van der Waals surface area contributed by atoms with Crippen LogP contribution < -0.4 is 11.1 Å². The number of aromatic nitrogens is 2. The van der Waals surface area contributed by atoms with Crippen LogP contribution in [0.4, 0.5) is 4.39 Å². The minimum absolute atomic E-state index is 0.0307. The van der Waals surface area contributed by atoms with Crippen molar-refractivity contribution in [1.29, 1.82) is 0 Å². The molecule has 6 heteroatoms. The molecular formula is C15H19FN4O. The Kier molecular flexibility index (Phi) is 4.70. The number of primary amides is 1. The molecule has 1 atom stereocenters. The van der Waals surface area contributed by atoms with Gasteiger partial charge in [-0.15, -0.1) is 0 Å². The fourth-order valence-corrected chi connectivity index (χ4v) is 2.17. The largest absolute Gasteiger partial charge is 0.364 e. The molecule has 1 amide bonds. The Morgan fingerprint density at radius 2 is 2.24 bits per heavy atom. The Labute approximate surface area is 123 Å². The number of nitrogens with one attached hydrogen (secondary N) is 1. The summed E-state index contributed by atoms with van der Waals surface area (Å²) in [5.41, 5.74) is 6.41. The lowest BCUT2D eigenvalue weighted by atomic mass is 10.1. The number of hydrogen-bond acceptors (Lipinski definition) is 3. The van der Waals surface area contributed by atoms with Crippen LogP contribution in [0.25, 0.3) is 5.69 Å². The zero-order valence-corrected chi connectivity index (χ0v) is 12.1. The summed E-state index contributed by atoms with van der Waals surface area (Å²) in [6.45, 7) is 4.87. The fourth-order valence-electron chi connectivity index (χ4n) is 2.17. The number of halogens is 1. The molecule has 5 nitrogen and oxygen atoms in total. The molecule has 0 saturated heterocycles. The molecule has 0 aliphatic rings. The number of hydrogen-bond donors (Lipinski definition) is 2. The van der Waals surface area contributed by atoms with E-state index in [0.29, 0.717) is 5.69 Å². The van der Waals surface area contributed by atoms with Gasteiger partial charge in [-0.3, -0.25) is 4.79 Å². The predicted octanol–water partition coefficient (Wildman–Crippen LogP) is 2.17. The van der Waals surface area contributed by atoms with Gasteiger partial charge in [0.1, 0.15) is 17.2 Å². The van der Waals surface area contributed by atoms with Gasteiger partial charge in [0.2, 0.25) is 0 Å². The maximum Gasteiger partial charge on any atom is 0.269 e. The fraction of sp³-hybridized carbons (Fsp3) is 0.333. The van der Waals surface area contributed by atoms with Crippen LogP contribution in [-0.2, 0) is 0 Å². The maximum absolute atomic E-state index is 14.2. The lowest BCUT2D eigenvalue weighted by Crippen LogP contribution is -2.21. The molecule has 0 fully saturated rings. The van der Waals surface area contributed by atoms with Crippen LogP contribution in [-0.4, -0.2) is 22.2 Å². The highest BCUT2D eigenvalue weighted by molar-refractivity contribution is 5.90. The summed E-state index contributed by atoms with van der Waals surface area (Å²) in [6, 6.07) is 6.32. The van der Waals surface area contributed by atoms with Gasteiger partial charge in [0.15, 0.2) is 0 Å². The molecule has 2 rings (SSSR count). The van der Waals surface area contributed by atoms with E-state index in [4.69, 9.17) is 5.73 Å². The van der Waals surface area contributed by atoms with Crippen LogP contribution in [0, 0.1) is 5.82 Å². The molecule has 3 N–H and O–H groups in total. The first kappa shape index (κ1) is 15.2. The Morgan fingerprint density at radius 3 is 2.86 bits per heavy atom. The molecule has 1 unspecified atom stereocenters. The van der Waals surface area contributed by atoms with Crippen molar-refractivity contribution < 1.29 is 9.18 Å². The molecule has 0 radical (unpaired) electrons. The number of para-hydroxylation sites is 1. The van der Waals surface area contributed by atoms with E-state index in [1.165, 1.54) is 23.0 Å². The van der Waals surface area contributed by atoms with Gasteiger partial charge < -0.3 is 11.1 Å². The Bertz CT molecular complexity index is 638. The number of nitrogens with two attached hydrogens (primary N) is 1. The monoisotopic (exact) mass is 290 g/mol. The molecular weight excluding hydrogens is 271 g/mol. The summed E-state index contributed by atoms with van der Waals surface area (Å²) in [7, 11) is 0. The highest BCUT2D eigenvalue weighted by atomic mass is 19.1. The third-order valence-electron chi connectivity index (χ3n) is 3.26. The molecule has 0 saturated carbocycles. The highest BCUT2D eigenvalue weighted by Gasteiger charge is 2.17. The van der Waals surface area contributed by atoms with Crippen LogP contribution in [0.15, 0.2) is 30.5 Å². The normalized spacial score (nSPS) is 12.3. The Balaban J connectivity index is 2.43. The zero-order chi connectivity index (χ0) is 15.4. The summed E-state index contributed by atoms with van der Waals surface area (Å²) in [4.78, 5) is 11.1. The van der Waals surface area contributed by atoms with Crippen molar-refractivity contribution in [2.75, 3.05) is 6.54 Å². The Morgan fingerprint density at radius 1 is 1.48 bits per heavy atom. The van der Waals surface area contributed by atoms with E-state index in [-0.39, 0.29) is 11.7 Å². The van der Waals surface area contributed by atoms with E-state index in [0.717, 1.165) is 18.5 Å². The van der Waals surface area contributed by atoms with Crippen LogP contribution in [0.2, 0.25) is 0 Å². The third kappa shape index (κ3) is 3.28. The van der Waals surface area contributed by atoms with E-state index < -0.39 is 11.7 Å². The summed E-state index contributed by atoms with van der Waals surface area (Å²) < 4.78 is 15.6. The van der Waals surface area contributed by atoms with Crippen LogP contribution >= 0.6 is 0 Å². The second-order valence-corrected chi connectivity index (χ2v) is 4.86. The van der Waals surface area contributed by atoms with E-state index >= 15 is 0 Å². The van der Waals surface area contributed by atoms with Gasteiger partial charge in [-0.25, -0.2) is 9.07 Å². The number of nitrogens with zero attached hydrogens (tertiary/aromatic N) is 2. The average Bonchev–Trinajstić information content (AvgIpc) is 2.94. The summed E-state index contributed by atoms with van der Waals surface area (Å²) in [6.07, 6.45) is 2.52. The second kappa shape index (κ2) is 6.49. The molecule has 0 bridgehead atoms. The molecule has 1 aromatic heterocycles. The minimum atomic E-state index is -0.635. The van der Waals surface area contributed by atoms with E-state index in [1.807, 2.05) is 13.0 Å². The molecule has 2 aromatic rings. The van der Waals surface area contributed by atoms with Crippen molar-refractivity contribution in [2.24, 2.45) is 5.73 Å². The number of carbonyl (C=O) groups excluding carboxylic acids is 1.